The van der Waals surface area contributed by atoms with Crippen LogP contribution < -0.4 is 4.74 Å². The molecule has 0 atom stereocenters. The van der Waals surface area contributed by atoms with Crippen molar-refractivity contribution in [3.63, 3.8) is 0 Å². The minimum absolute atomic E-state index is 0.344. The van der Waals surface area contributed by atoms with E-state index in [-0.39, 0.29) is 0 Å². The minimum Gasteiger partial charge on any atom is -0.488 e. The Labute approximate surface area is 122 Å². The summed E-state index contributed by atoms with van der Waals surface area (Å²) in [6.45, 7) is 6.70. The largest absolute Gasteiger partial charge is 0.488 e. The van der Waals surface area contributed by atoms with Crippen LogP contribution in [0, 0.1) is 6.92 Å². The van der Waals surface area contributed by atoms with Gasteiger partial charge < -0.3 is 9.84 Å². The van der Waals surface area contributed by atoms with Gasteiger partial charge in [0.25, 0.3) is 0 Å². The predicted octanol–water partition coefficient (Wildman–Crippen LogP) is 4.46. The van der Waals surface area contributed by atoms with Gasteiger partial charge in [0.1, 0.15) is 17.2 Å². The maximum Gasteiger partial charge on any atom is 0.345 e. The summed E-state index contributed by atoms with van der Waals surface area (Å²) >= 11 is 1.25. The van der Waals surface area contributed by atoms with Gasteiger partial charge in [-0.1, -0.05) is 26.0 Å². The second kappa shape index (κ2) is 6.09. The van der Waals surface area contributed by atoms with Gasteiger partial charge in [-0.25, -0.2) is 4.79 Å². The number of aromatic carboxylic acids is 1. The average Bonchev–Trinajstić information content (AvgIpc) is 2.86. The molecule has 0 saturated carbocycles. The van der Waals surface area contributed by atoms with Crippen molar-refractivity contribution in [2.75, 3.05) is 0 Å². The smallest absolute Gasteiger partial charge is 0.345 e. The van der Waals surface area contributed by atoms with E-state index in [2.05, 4.69) is 32.0 Å². The Morgan fingerprint density at radius 2 is 2.05 bits per heavy atom. The molecule has 20 heavy (non-hydrogen) atoms. The lowest BCUT2D eigenvalue weighted by atomic mass is 10.0. The molecule has 106 valence electrons. The van der Waals surface area contributed by atoms with Gasteiger partial charge in [-0.2, -0.15) is 0 Å². The number of aryl methyl sites for hydroxylation is 1. The van der Waals surface area contributed by atoms with E-state index in [0.717, 1.165) is 16.2 Å². The number of hydrogen-bond acceptors (Lipinski definition) is 3. The molecule has 2 rings (SSSR count). The molecular weight excluding hydrogens is 272 g/mol. The number of carboxylic acids is 1. The van der Waals surface area contributed by atoms with Gasteiger partial charge in [0.05, 0.1) is 0 Å². The van der Waals surface area contributed by atoms with Gasteiger partial charge in [0, 0.05) is 4.88 Å². The third-order valence-corrected chi connectivity index (χ3v) is 4.17. The highest BCUT2D eigenvalue weighted by Gasteiger charge is 2.09. The summed E-state index contributed by atoms with van der Waals surface area (Å²) in [5, 5.41) is 8.89. The zero-order valence-electron chi connectivity index (χ0n) is 11.8. The Morgan fingerprint density at radius 3 is 2.65 bits per heavy atom. The fourth-order valence-corrected chi connectivity index (χ4v) is 2.61. The second-order valence-electron chi connectivity index (χ2n) is 5.04. The summed E-state index contributed by atoms with van der Waals surface area (Å²) in [7, 11) is 0. The Balaban J connectivity index is 2.09. The van der Waals surface area contributed by atoms with Gasteiger partial charge in [0.15, 0.2) is 0 Å². The molecular formula is C16H18O3S. The number of hydrogen-bond donors (Lipinski definition) is 1. The third-order valence-electron chi connectivity index (χ3n) is 3.12. The van der Waals surface area contributed by atoms with Crippen LogP contribution in [0.1, 0.15) is 45.4 Å². The average molecular weight is 290 g/mol. The molecule has 0 amide bonds. The number of rotatable bonds is 5. The molecule has 0 bridgehead atoms. The van der Waals surface area contributed by atoms with Crippen LogP contribution in [0.2, 0.25) is 0 Å². The van der Waals surface area contributed by atoms with Gasteiger partial charge in [-0.3, -0.25) is 0 Å². The molecule has 1 aromatic carbocycles. The first-order valence-electron chi connectivity index (χ1n) is 6.52. The molecule has 4 heteroatoms. The van der Waals surface area contributed by atoms with Crippen LogP contribution in [0.15, 0.2) is 30.3 Å². The third kappa shape index (κ3) is 3.39. The summed E-state index contributed by atoms with van der Waals surface area (Å²) in [4.78, 5) is 12.1. The summed E-state index contributed by atoms with van der Waals surface area (Å²) in [6.07, 6.45) is 0. The van der Waals surface area contributed by atoms with E-state index in [1.807, 2.05) is 6.92 Å². The normalized spacial score (nSPS) is 10.8. The predicted molar refractivity (Wildman–Crippen MR) is 80.9 cm³/mol. The van der Waals surface area contributed by atoms with Crippen molar-refractivity contribution < 1.29 is 14.6 Å². The number of benzene rings is 1. The van der Waals surface area contributed by atoms with Crippen molar-refractivity contribution in [3.8, 4) is 5.75 Å². The summed E-state index contributed by atoms with van der Waals surface area (Å²) in [6, 6.07) is 9.65. The fraction of sp³-hybridized carbons (Fsp3) is 0.312. The summed E-state index contributed by atoms with van der Waals surface area (Å²) in [5.74, 6) is 0.430. The van der Waals surface area contributed by atoms with Crippen molar-refractivity contribution >= 4 is 17.3 Å². The van der Waals surface area contributed by atoms with Crippen molar-refractivity contribution in [2.45, 2.75) is 33.3 Å². The molecule has 0 unspecified atom stereocenters. The topological polar surface area (TPSA) is 46.5 Å². The lowest BCUT2D eigenvalue weighted by Crippen LogP contribution is -1.97. The van der Waals surface area contributed by atoms with Gasteiger partial charge >= 0.3 is 5.97 Å². The van der Waals surface area contributed by atoms with Crippen molar-refractivity contribution in [1.29, 1.82) is 0 Å². The van der Waals surface area contributed by atoms with E-state index in [0.29, 0.717) is 17.4 Å². The van der Waals surface area contributed by atoms with Crippen molar-refractivity contribution in [1.82, 2.24) is 0 Å². The quantitative estimate of drug-likeness (QED) is 0.884. The van der Waals surface area contributed by atoms with Crippen LogP contribution in [-0.2, 0) is 6.61 Å². The van der Waals surface area contributed by atoms with E-state index < -0.39 is 5.97 Å². The molecule has 0 aliphatic rings. The summed E-state index contributed by atoms with van der Waals surface area (Å²) in [5.41, 5.74) is 2.33. The molecule has 0 fully saturated rings. The Hall–Kier alpha value is -1.81. The molecule has 0 aliphatic carbocycles. The van der Waals surface area contributed by atoms with Crippen LogP contribution in [0.4, 0.5) is 0 Å². The van der Waals surface area contributed by atoms with Gasteiger partial charge in [-0.15, -0.1) is 11.3 Å². The lowest BCUT2D eigenvalue weighted by molar-refractivity contribution is 0.0702. The standard InChI is InChI=1S/C16H18O3S/c1-10(2)12-5-4-11(3)14(8-12)19-9-13-6-7-15(20-13)16(17)18/h4-8,10H,9H2,1-3H3,(H,17,18). The Morgan fingerprint density at radius 1 is 1.30 bits per heavy atom. The number of carboxylic acid groups (broad SMARTS) is 1. The lowest BCUT2D eigenvalue weighted by Gasteiger charge is -2.12. The van der Waals surface area contributed by atoms with Gasteiger partial charge in [0.2, 0.25) is 0 Å². The van der Waals surface area contributed by atoms with Crippen LogP contribution in [0.3, 0.4) is 0 Å². The Kier molecular flexibility index (Phi) is 4.45. The molecule has 0 spiro atoms. The molecule has 3 nitrogen and oxygen atoms in total. The van der Waals surface area contributed by atoms with Crippen LogP contribution in [0.25, 0.3) is 0 Å². The first kappa shape index (κ1) is 14.6. The van der Waals surface area contributed by atoms with E-state index in [9.17, 15) is 4.79 Å². The van der Waals surface area contributed by atoms with Crippen molar-refractivity contribution in [2.24, 2.45) is 0 Å². The van der Waals surface area contributed by atoms with Crippen molar-refractivity contribution in [3.05, 3.63) is 51.2 Å². The zero-order chi connectivity index (χ0) is 14.7. The molecule has 1 heterocycles. The molecule has 2 aromatic rings. The highest BCUT2D eigenvalue weighted by molar-refractivity contribution is 7.13. The minimum atomic E-state index is -0.890. The molecule has 0 radical (unpaired) electrons. The van der Waals surface area contributed by atoms with Crippen LogP contribution in [-0.4, -0.2) is 11.1 Å². The van der Waals surface area contributed by atoms with E-state index in [1.165, 1.54) is 16.9 Å². The van der Waals surface area contributed by atoms with Gasteiger partial charge in [-0.05, 0) is 42.2 Å². The van der Waals surface area contributed by atoms with E-state index in [1.54, 1.807) is 12.1 Å². The van der Waals surface area contributed by atoms with E-state index >= 15 is 0 Å². The number of ether oxygens (including phenoxy) is 1. The molecule has 1 N–H and O–H groups in total. The monoisotopic (exact) mass is 290 g/mol. The SMILES string of the molecule is Cc1ccc(C(C)C)cc1OCc1ccc(C(=O)O)s1. The highest BCUT2D eigenvalue weighted by Crippen LogP contribution is 2.26. The maximum atomic E-state index is 10.8. The summed E-state index contributed by atoms with van der Waals surface area (Å²) < 4.78 is 5.82. The fourth-order valence-electron chi connectivity index (χ4n) is 1.85. The number of carbonyl (C=O) groups is 1. The van der Waals surface area contributed by atoms with Crippen LogP contribution in [0.5, 0.6) is 5.75 Å². The van der Waals surface area contributed by atoms with E-state index in [4.69, 9.17) is 9.84 Å². The number of thiophene rings is 1. The van der Waals surface area contributed by atoms with Crippen LogP contribution >= 0.6 is 11.3 Å². The second-order valence-corrected chi connectivity index (χ2v) is 6.21. The maximum absolute atomic E-state index is 10.8. The highest BCUT2D eigenvalue weighted by atomic mass is 32.1. The first-order chi connectivity index (χ1) is 9.47. The first-order valence-corrected chi connectivity index (χ1v) is 7.34. The molecule has 1 aromatic heterocycles. The Bertz CT molecular complexity index is 614. The molecule has 0 saturated heterocycles. The molecule has 0 aliphatic heterocycles. The zero-order valence-corrected chi connectivity index (χ0v) is 12.7.